The average molecular weight is 985 g/mol. The van der Waals surface area contributed by atoms with Gasteiger partial charge in [0.2, 0.25) is 5.91 Å². The van der Waals surface area contributed by atoms with Gasteiger partial charge in [-0.05, 0) is 83.5 Å². The molecule has 0 saturated heterocycles. The molecule has 0 aromatic rings. The molecule has 0 aromatic heterocycles. The van der Waals surface area contributed by atoms with Gasteiger partial charge in [0.15, 0.2) is 0 Å². The molecule has 0 bridgehead atoms. The minimum atomic E-state index is -0.846. The van der Waals surface area contributed by atoms with Gasteiger partial charge < -0.3 is 20.3 Å². The Morgan fingerprint density at radius 3 is 1.03 bits per heavy atom. The van der Waals surface area contributed by atoms with Gasteiger partial charge in [-0.15, -0.1) is 0 Å². The molecule has 2 unspecified atom stereocenters. The summed E-state index contributed by atoms with van der Waals surface area (Å²) >= 11 is 0. The van der Waals surface area contributed by atoms with Crippen molar-refractivity contribution in [2.45, 2.75) is 347 Å². The fourth-order valence-corrected chi connectivity index (χ4v) is 9.57. The van der Waals surface area contributed by atoms with Gasteiger partial charge in [0, 0.05) is 12.8 Å². The van der Waals surface area contributed by atoms with Gasteiger partial charge in [0.05, 0.1) is 25.4 Å². The molecule has 6 nitrogen and oxygen atoms in total. The van der Waals surface area contributed by atoms with E-state index in [1.807, 2.05) is 6.08 Å². The second-order valence-electron chi connectivity index (χ2n) is 21.4. The molecule has 1 amide bonds. The highest BCUT2D eigenvalue weighted by molar-refractivity contribution is 5.76. The molecule has 2 atom stereocenters. The molecule has 3 N–H and O–H groups in total. The number of aliphatic hydroxyl groups excluding tert-OH is 2. The van der Waals surface area contributed by atoms with E-state index in [1.54, 1.807) is 6.08 Å². The lowest BCUT2D eigenvalue weighted by Crippen LogP contribution is -2.45. The second kappa shape index (κ2) is 59.6. The Bertz CT molecular complexity index is 1130. The predicted octanol–water partition coefficient (Wildman–Crippen LogP) is 19.6. The summed E-state index contributed by atoms with van der Waals surface area (Å²) in [6.45, 7) is 4.90. The number of ether oxygens (including phenoxy) is 1. The van der Waals surface area contributed by atoms with Crippen LogP contribution < -0.4 is 5.32 Å². The smallest absolute Gasteiger partial charge is 0.305 e. The molecule has 0 aliphatic rings. The molecule has 0 saturated carbocycles. The summed E-state index contributed by atoms with van der Waals surface area (Å²) < 4.78 is 5.47. The molecule has 0 heterocycles. The standard InChI is InChI=1S/C64H121NO5/c1-3-5-7-9-11-13-15-17-29-33-36-40-44-48-52-56-62(67)61(60-66)65-63(68)57-53-49-45-41-37-34-30-27-25-23-21-19-18-20-22-24-26-28-31-35-39-43-47-51-55-59-70-64(69)58-54-50-46-42-38-32-16-14-12-10-8-6-4-2/h14,16,19,21,52,56,61-62,66-67H,3-13,15,17-18,20,22-51,53-55,57-60H2,1-2H3,(H,65,68)/b16-14-,21-19-,56-52+. The van der Waals surface area contributed by atoms with Crippen molar-refractivity contribution in [1.29, 1.82) is 0 Å². The number of hydrogen-bond donors (Lipinski definition) is 3. The van der Waals surface area contributed by atoms with Crippen LogP contribution in [0.5, 0.6) is 0 Å². The maximum absolute atomic E-state index is 12.5. The first kappa shape index (κ1) is 68.1. The highest BCUT2D eigenvalue weighted by Gasteiger charge is 2.18. The fraction of sp³-hybridized carbons (Fsp3) is 0.875. The van der Waals surface area contributed by atoms with Crippen LogP contribution in [0.3, 0.4) is 0 Å². The van der Waals surface area contributed by atoms with Crippen LogP contribution in [0.25, 0.3) is 0 Å². The topological polar surface area (TPSA) is 95.9 Å². The van der Waals surface area contributed by atoms with E-state index in [0.717, 1.165) is 44.9 Å². The first-order chi connectivity index (χ1) is 34.5. The van der Waals surface area contributed by atoms with Crippen molar-refractivity contribution < 1.29 is 24.5 Å². The Hall–Kier alpha value is -1.92. The maximum atomic E-state index is 12.5. The number of carbonyl (C=O) groups excluding carboxylic acids is 2. The lowest BCUT2D eigenvalue weighted by molar-refractivity contribution is -0.143. The van der Waals surface area contributed by atoms with Crippen molar-refractivity contribution in [3.05, 3.63) is 36.5 Å². The SMILES string of the molecule is CCCCCC/C=C\CCCCCCCC(=O)OCCCCCCCCCCCCCC/C=C\CCCCCCCCCCCC(=O)NC(CO)C(O)/C=C/CCCCCCCCCCCCCCC. The van der Waals surface area contributed by atoms with Crippen LogP contribution in [0.1, 0.15) is 335 Å². The van der Waals surface area contributed by atoms with Crippen molar-refractivity contribution in [3.8, 4) is 0 Å². The fourth-order valence-electron chi connectivity index (χ4n) is 9.57. The van der Waals surface area contributed by atoms with Crippen molar-refractivity contribution in [1.82, 2.24) is 5.32 Å². The Kier molecular flexibility index (Phi) is 58.0. The summed E-state index contributed by atoms with van der Waals surface area (Å²) in [7, 11) is 0. The second-order valence-corrected chi connectivity index (χ2v) is 21.4. The van der Waals surface area contributed by atoms with Crippen molar-refractivity contribution in [3.63, 3.8) is 0 Å². The van der Waals surface area contributed by atoms with Gasteiger partial charge in [0.1, 0.15) is 0 Å². The number of amides is 1. The van der Waals surface area contributed by atoms with Crippen LogP contribution in [0.2, 0.25) is 0 Å². The van der Waals surface area contributed by atoms with E-state index in [2.05, 4.69) is 43.5 Å². The van der Waals surface area contributed by atoms with Crippen LogP contribution in [0.4, 0.5) is 0 Å². The van der Waals surface area contributed by atoms with E-state index < -0.39 is 12.1 Å². The summed E-state index contributed by atoms with van der Waals surface area (Å²) in [5.41, 5.74) is 0. The highest BCUT2D eigenvalue weighted by Crippen LogP contribution is 2.17. The van der Waals surface area contributed by atoms with E-state index in [9.17, 15) is 19.8 Å². The van der Waals surface area contributed by atoms with Crippen LogP contribution in [0.15, 0.2) is 36.5 Å². The molecule has 70 heavy (non-hydrogen) atoms. The summed E-state index contributed by atoms with van der Waals surface area (Å²) in [4.78, 5) is 24.5. The number of carbonyl (C=O) groups is 2. The van der Waals surface area contributed by atoms with E-state index in [0.29, 0.717) is 19.4 Å². The number of aliphatic hydroxyl groups is 2. The molecule has 0 spiro atoms. The van der Waals surface area contributed by atoms with Crippen LogP contribution in [0, 0.1) is 0 Å². The molecule has 0 rings (SSSR count). The van der Waals surface area contributed by atoms with Gasteiger partial charge in [-0.2, -0.15) is 0 Å². The molecule has 0 aliphatic carbocycles. The quantitative estimate of drug-likeness (QED) is 0.0321. The maximum Gasteiger partial charge on any atom is 0.305 e. The molecular formula is C64H121NO5. The lowest BCUT2D eigenvalue weighted by atomic mass is 10.0. The Labute approximate surface area is 436 Å². The number of nitrogens with one attached hydrogen (secondary N) is 1. The predicted molar refractivity (Wildman–Crippen MR) is 306 cm³/mol. The van der Waals surface area contributed by atoms with Crippen molar-refractivity contribution >= 4 is 11.9 Å². The normalized spacial score (nSPS) is 12.8. The van der Waals surface area contributed by atoms with Gasteiger partial charge >= 0.3 is 5.97 Å². The Morgan fingerprint density at radius 1 is 0.386 bits per heavy atom. The summed E-state index contributed by atoms with van der Waals surface area (Å²) in [6, 6.07) is -0.630. The molecule has 0 aromatic carbocycles. The molecular weight excluding hydrogens is 863 g/mol. The molecule has 0 aliphatic heterocycles. The van der Waals surface area contributed by atoms with E-state index in [-0.39, 0.29) is 18.5 Å². The van der Waals surface area contributed by atoms with E-state index in [4.69, 9.17) is 4.74 Å². The third-order valence-electron chi connectivity index (χ3n) is 14.4. The minimum Gasteiger partial charge on any atom is -0.466 e. The lowest BCUT2D eigenvalue weighted by Gasteiger charge is -2.20. The molecule has 6 heteroatoms. The minimum absolute atomic E-state index is 0.00367. The zero-order valence-electron chi connectivity index (χ0n) is 47.0. The summed E-state index contributed by atoms with van der Waals surface area (Å²) in [5, 5.41) is 23.1. The first-order valence-corrected chi connectivity index (χ1v) is 31.3. The zero-order chi connectivity index (χ0) is 50.7. The van der Waals surface area contributed by atoms with Crippen LogP contribution >= 0.6 is 0 Å². The number of allylic oxidation sites excluding steroid dienone is 5. The van der Waals surface area contributed by atoms with Gasteiger partial charge in [-0.3, -0.25) is 9.59 Å². The summed E-state index contributed by atoms with van der Waals surface area (Å²) in [5.74, 6) is -0.0663. The van der Waals surface area contributed by atoms with E-state index >= 15 is 0 Å². The largest absolute Gasteiger partial charge is 0.466 e. The average Bonchev–Trinajstić information content (AvgIpc) is 3.36. The molecule has 0 fully saturated rings. The van der Waals surface area contributed by atoms with E-state index in [1.165, 1.54) is 263 Å². The van der Waals surface area contributed by atoms with Gasteiger partial charge in [-0.1, -0.05) is 275 Å². The van der Waals surface area contributed by atoms with Crippen molar-refractivity contribution in [2.24, 2.45) is 0 Å². The third kappa shape index (κ3) is 55.4. The van der Waals surface area contributed by atoms with Crippen molar-refractivity contribution in [2.75, 3.05) is 13.2 Å². The monoisotopic (exact) mass is 984 g/mol. The number of unbranched alkanes of at least 4 members (excludes halogenated alkanes) is 43. The van der Waals surface area contributed by atoms with Gasteiger partial charge in [0.25, 0.3) is 0 Å². The zero-order valence-corrected chi connectivity index (χ0v) is 47.0. The van der Waals surface area contributed by atoms with Crippen LogP contribution in [-0.4, -0.2) is 47.4 Å². The number of rotatable bonds is 58. The number of hydrogen-bond acceptors (Lipinski definition) is 5. The Balaban J connectivity index is 3.42. The Morgan fingerprint density at radius 2 is 0.671 bits per heavy atom. The highest BCUT2D eigenvalue weighted by atomic mass is 16.5. The third-order valence-corrected chi connectivity index (χ3v) is 14.4. The van der Waals surface area contributed by atoms with Crippen LogP contribution in [-0.2, 0) is 14.3 Å². The summed E-state index contributed by atoms with van der Waals surface area (Å²) in [6.07, 6.45) is 74.7. The molecule has 0 radical (unpaired) electrons. The molecule has 412 valence electrons. The first-order valence-electron chi connectivity index (χ1n) is 31.3. The number of esters is 1. The van der Waals surface area contributed by atoms with Gasteiger partial charge in [-0.25, -0.2) is 0 Å².